The molecule has 1 heterocycles. The lowest BCUT2D eigenvalue weighted by Gasteiger charge is -2.44. The van der Waals surface area contributed by atoms with Crippen LogP contribution in [0.15, 0.2) is 11.0 Å². The molecule has 0 N–H and O–H groups in total. The largest absolute Gasteiger partial charge is 0.463 e. The number of carbonyl (C=O) groups excluding carboxylic acids is 6. The quantitative estimate of drug-likeness (QED) is 0.208. The van der Waals surface area contributed by atoms with Gasteiger partial charge in [0.2, 0.25) is 0 Å². The van der Waals surface area contributed by atoms with Gasteiger partial charge in [0.05, 0.1) is 10.8 Å². The smallest absolute Gasteiger partial charge is 0.348 e. The Morgan fingerprint density at radius 2 is 1.17 bits per heavy atom. The maximum atomic E-state index is 14.0. The highest BCUT2D eigenvalue weighted by molar-refractivity contribution is 7.90. The van der Waals surface area contributed by atoms with Gasteiger partial charge in [-0.3, -0.25) is 23.4 Å². The zero-order chi connectivity index (χ0) is 31.9. The molecule has 0 aromatic heterocycles. The predicted molar refractivity (Wildman–Crippen MR) is 140 cm³/mol. The van der Waals surface area contributed by atoms with Gasteiger partial charge in [0.1, 0.15) is 28.8 Å². The van der Waals surface area contributed by atoms with Crippen LogP contribution < -0.4 is 0 Å². The lowest BCUT2D eigenvalue weighted by molar-refractivity contribution is -0.238. The van der Waals surface area contributed by atoms with Crippen molar-refractivity contribution in [2.45, 2.75) is 110 Å². The standard InChI is InChI=1S/C26H38O14S/c1-13(27)34-12-17-20(35-14(2)28)21(36-15(3)29)22(37-16(4)30)24(38-17)41(33)18(23(32)40-26(8,9)10)11-19(31)39-25(5,6)7/h11,17,20-22,24H,12H2,1-10H3/b18-11+/t17-,20-,21+,22+,24-,41-/m1/s1. The van der Waals surface area contributed by atoms with Crippen molar-refractivity contribution in [1.29, 1.82) is 0 Å². The first-order valence-corrected chi connectivity index (χ1v) is 13.7. The van der Waals surface area contributed by atoms with Crippen molar-refractivity contribution in [3.05, 3.63) is 11.0 Å². The second kappa shape index (κ2) is 14.5. The van der Waals surface area contributed by atoms with E-state index in [1.165, 1.54) is 20.8 Å². The van der Waals surface area contributed by atoms with Crippen molar-refractivity contribution in [3.63, 3.8) is 0 Å². The molecular formula is C26H38O14S. The van der Waals surface area contributed by atoms with Crippen LogP contribution in [0.5, 0.6) is 0 Å². The molecule has 0 bridgehead atoms. The number of esters is 6. The summed E-state index contributed by atoms with van der Waals surface area (Å²) >= 11 is 0. The zero-order valence-electron chi connectivity index (χ0n) is 24.8. The lowest BCUT2D eigenvalue weighted by atomic mass is 9.99. The third-order valence-corrected chi connectivity index (χ3v) is 6.15. The number of carbonyl (C=O) groups is 6. The maximum Gasteiger partial charge on any atom is 0.348 e. The van der Waals surface area contributed by atoms with Gasteiger partial charge in [0.25, 0.3) is 0 Å². The molecule has 1 rings (SSSR count). The van der Waals surface area contributed by atoms with E-state index in [2.05, 4.69) is 0 Å². The molecule has 0 amide bonds. The molecular weight excluding hydrogens is 568 g/mol. The number of hydrogen-bond acceptors (Lipinski definition) is 14. The number of ether oxygens (including phenoxy) is 7. The average Bonchev–Trinajstić information content (AvgIpc) is 2.75. The van der Waals surface area contributed by atoms with Crippen molar-refractivity contribution in [2.75, 3.05) is 6.61 Å². The average molecular weight is 607 g/mol. The topological polar surface area (TPSA) is 184 Å². The Hall–Kier alpha value is -3.33. The molecule has 232 valence electrons. The van der Waals surface area contributed by atoms with Gasteiger partial charge in [-0.25, -0.2) is 9.59 Å². The monoisotopic (exact) mass is 606 g/mol. The molecule has 15 heteroatoms. The van der Waals surface area contributed by atoms with Gasteiger partial charge in [-0.15, -0.1) is 0 Å². The molecule has 0 unspecified atom stereocenters. The summed E-state index contributed by atoms with van der Waals surface area (Å²) in [5.74, 6) is -5.68. The van der Waals surface area contributed by atoms with E-state index in [1.54, 1.807) is 20.8 Å². The Bertz CT molecular complexity index is 1080. The summed E-state index contributed by atoms with van der Waals surface area (Å²) in [7, 11) is -2.69. The SMILES string of the molecule is CC(=O)OC[C@H]1O[C@H]([S@](=O)/C(=C/C(=O)OC(C)(C)C)C(=O)OC(C)(C)C)[C@@H](OC(C)=O)[C@@H](OC(C)=O)[C@@H]1OC(C)=O. The minimum absolute atomic E-state index is 0.580. The molecule has 0 saturated carbocycles. The van der Waals surface area contributed by atoms with Crippen LogP contribution in [-0.2, 0) is 72.7 Å². The summed E-state index contributed by atoms with van der Waals surface area (Å²) in [4.78, 5) is 72.7. The van der Waals surface area contributed by atoms with E-state index in [4.69, 9.17) is 33.2 Å². The molecule has 0 spiro atoms. The normalized spacial score (nSPS) is 23.9. The number of hydrogen-bond donors (Lipinski definition) is 0. The van der Waals surface area contributed by atoms with Crippen LogP contribution in [0.3, 0.4) is 0 Å². The summed E-state index contributed by atoms with van der Waals surface area (Å²) in [6.45, 7) is 12.9. The first-order valence-electron chi connectivity index (χ1n) is 12.5. The second-order valence-corrected chi connectivity index (χ2v) is 12.4. The van der Waals surface area contributed by atoms with Gasteiger partial charge in [-0.1, -0.05) is 0 Å². The number of rotatable bonds is 9. The summed E-state index contributed by atoms with van der Waals surface area (Å²) in [5.41, 5.74) is -3.89. The molecule has 0 aliphatic carbocycles. The molecule has 14 nitrogen and oxygen atoms in total. The minimum Gasteiger partial charge on any atom is -0.463 e. The molecule has 1 aliphatic rings. The van der Waals surface area contributed by atoms with E-state index < -0.39 is 99.2 Å². The maximum absolute atomic E-state index is 14.0. The first-order chi connectivity index (χ1) is 18.6. The van der Waals surface area contributed by atoms with E-state index in [0.717, 1.165) is 27.7 Å². The van der Waals surface area contributed by atoms with Crippen LogP contribution in [0, 0.1) is 0 Å². The van der Waals surface area contributed by atoms with Crippen molar-refractivity contribution in [1.82, 2.24) is 0 Å². The first kappa shape index (κ1) is 35.7. The molecule has 1 fully saturated rings. The van der Waals surface area contributed by atoms with Gasteiger partial charge in [-0.2, -0.15) is 0 Å². The molecule has 0 radical (unpaired) electrons. The van der Waals surface area contributed by atoms with Crippen molar-refractivity contribution < 1.29 is 66.1 Å². The summed E-state index contributed by atoms with van der Waals surface area (Å²) in [5, 5.41) is 0. The lowest BCUT2D eigenvalue weighted by Crippen LogP contribution is -2.63. The highest BCUT2D eigenvalue weighted by Gasteiger charge is 2.55. The fraction of sp³-hybridized carbons (Fsp3) is 0.692. The van der Waals surface area contributed by atoms with E-state index in [1.807, 2.05) is 0 Å². The Labute approximate surface area is 240 Å². The summed E-state index contributed by atoms with van der Waals surface area (Å²) in [6, 6.07) is 0. The highest BCUT2D eigenvalue weighted by atomic mass is 32.2. The van der Waals surface area contributed by atoms with Crippen LogP contribution in [0.25, 0.3) is 0 Å². The molecule has 6 atom stereocenters. The Balaban J connectivity index is 3.80. The van der Waals surface area contributed by atoms with Gasteiger partial charge >= 0.3 is 35.8 Å². The molecule has 1 saturated heterocycles. The summed E-state index contributed by atoms with van der Waals surface area (Å²) < 4.78 is 51.4. The van der Waals surface area contributed by atoms with Crippen LogP contribution >= 0.6 is 0 Å². The van der Waals surface area contributed by atoms with E-state index in [9.17, 15) is 33.0 Å². The third kappa shape index (κ3) is 12.4. The minimum atomic E-state index is -2.69. The Morgan fingerprint density at radius 1 is 0.707 bits per heavy atom. The molecule has 0 aromatic carbocycles. The van der Waals surface area contributed by atoms with Gasteiger partial charge in [-0.05, 0) is 41.5 Å². The van der Waals surface area contributed by atoms with Gasteiger partial charge < -0.3 is 33.2 Å². The van der Waals surface area contributed by atoms with Crippen LogP contribution in [0.2, 0.25) is 0 Å². The Kier molecular flexibility index (Phi) is 12.6. The van der Waals surface area contributed by atoms with Gasteiger partial charge in [0, 0.05) is 33.8 Å². The second-order valence-electron chi connectivity index (χ2n) is 10.9. The molecule has 0 aromatic rings. The van der Waals surface area contributed by atoms with E-state index in [0.29, 0.717) is 6.08 Å². The predicted octanol–water partition coefficient (Wildman–Crippen LogP) is 1.39. The fourth-order valence-corrected chi connectivity index (χ4v) is 4.82. The molecule has 1 aliphatic heterocycles. The third-order valence-electron chi connectivity index (χ3n) is 4.63. The summed E-state index contributed by atoms with van der Waals surface area (Å²) in [6.07, 6.45) is -5.64. The highest BCUT2D eigenvalue weighted by Crippen LogP contribution is 2.33. The van der Waals surface area contributed by atoms with Crippen LogP contribution in [0.4, 0.5) is 0 Å². The zero-order valence-corrected chi connectivity index (χ0v) is 25.6. The van der Waals surface area contributed by atoms with E-state index in [-0.39, 0.29) is 0 Å². The van der Waals surface area contributed by atoms with E-state index >= 15 is 0 Å². The fourth-order valence-electron chi connectivity index (χ4n) is 3.45. The van der Waals surface area contributed by atoms with Crippen molar-refractivity contribution in [3.8, 4) is 0 Å². The van der Waals surface area contributed by atoms with Gasteiger partial charge in [0.15, 0.2) is 23.7 Å². The van der Waals surface area contributed by atoms with Crippen molar-refractivity contribution in [2.24, 2.45) is 0 Å². The van der Waals surface area contributed by atoms with Crippen molar-refractivity contribution >= 4 is 46.6 Å². The Morgan fingerprint density at radius 3 is 1.61 bits per heavy atom. The molecule has 41 heavy (non-hydrogen) atoms. The van der Waals surface area contributed by atoms with Crippen LogP contribution in [0.1, 0.15) is 69.2 Å². The van der Waals surface area contributed by atoms with Crippen LogP contribution in [-0.4, -0.2) is 87.7 Å².